The van der Waals surface area contributed by atoms with E-state index < -0.39 is 5.82 Å². The van der Waals surface area contributed by atoms with Gasteiger partial charge in [0.05, 0.1) is 0 Å². The molecule has 0 unspecified atom stereocenters. The van der Waals surface area contributed by atoms with E-state index in [2.05, 4.69) is 32.8 Å². The molecule has 0 bridgehead atoms. The molecule has 1 aliphatic heterocycles. The quantitative estimate of drug-likeness (QED) is 0.669. The molecule has 1 amide bonds. The highest BCUT2D eigenvalue weighted by molar-refractivity contribution is 5.90. The van der Waals surface area contributed by atoms with E-state index in [1.54, 1.807) is 18.2 Å². The summed E-state index contributed by atoms with van der Waals surface area (Å²) in [7, 11) is 0. The fourth-order valence-electron chi connectivity index (χ4n) is 3.31. The molecule has 1 aliphatic rings. The summed E-state index contributed by atoms with van der Waals surface area (Å²) in [5.74, 6) is -0.227. The van der Waals surface area contributed by atoms with Crippen LogP contribution in [0.3, 0.4) is 0 Å². The SMILES string of the molecule is CC(C)c1nc(C(=O)NCc2ccc3c(c2)CNC3)nn1-c1ccccc1F.Cl. The van der Waals surface area contributed by atoms with Gasteiger partial charge in [-0.1, -0.05) is 44.2 Å². The first-order chi connectivity index (χ1) is 13.5. The molecule has 8 heteroatoms. The van der Waals surface area contributed by atoms with Crippen molar-refractivity contribution < 1.29 is 9.18 Å². The second kappa shape index (κ2) is 8.71. The van der Waals surface area contributed by atoms with Crippen LogP contribution in [0.25, 0.3) is 5.69 Å². The summed E-state index contributed by atoms with van der Waals surface area (Å²) in [6.45, 7) is 5.99. The summed E-state index contributed by atoms with van der Waals surface area (Å²) in [6.07, 6.45) is 0. The minimum atomic E-state index is -0.409. The van der Waals surface area contributed by atoms with Crippen LogP contribution in [-0.2, 0) is 19.6 Å². The van der Waals surface area contributed by atoms with Gasteiger partial charge in [-0.05, 0) is 28.8 Å². The predicted octanol–water partition coefficient (Wildman–Crippen LogP) is 3.48. The fourth-order valence-corrected chi connectivity index (χ4v) is 3.31. The lowest BCUT2D eigenvalue weighted by molar-refractivity contribution is 0.0940. The second-order valence-corrected chi connectivity index (χ2v) is 7.20. The number of fused-ring (bicyclic) bond motifs is 1. The summed E-state index contributed by atoms with van der Waals surface area (Å²) in [4.78, 5) is 17.0. The largest absolute Gasteiger partial charge is 0.345 e. The summed E-state index contributed by atoms with van der Waals surface area (Å²) in [6, 6.07) is 12.5. The molecule has 0 spiro atoms. The standard InChI is InChI=1S/C21H22FN5O.ClH/c1-13(2)20-25-19(26-27(20)18-6-4-3-5-17(18)22)21(28)24-10-14-7-8-15-11-23-12-16(15)9-14;/h3-9,13,23H,10-12H2,1-2H3,(H,24,28);1H. The molecule has 1 aromatic heterocycles. The van der Waals surface area contributed by atoms with E-state index in [0.29, 0.717) is 12.4 Å². The monoisotopic (exact) mass is 415 g/mol. The van der Waals surface area contributed by atoms with Crippen molar-refractivity contribution in [1.82, 2.24) is 25.4 Å². The van der Waals surface area contributed by atoms with Gasteiger partial charge in [-0.3, -0.25) is 4.79 Å². The van der Waals surface area contributed by atoms with Crippen LogP contribution in [-0.4, -0.2) is 20.7 Å². The van der Waals surface area contributed by atoms with Crippen molar-refractivity contribution in [1.29, 1.82) is 0 Å². The van der Waals surface area contributed by atoms with Gasteiger partial charge >= 0.3 is 0 Å². The average molecular weight is 416 g/mol. The van der Waals surface area contributed by atoms with Crippen LogP contribution in [0.5, 0.6) is 0 Å². The van der Waals surface area contributed by atoms with Gasteiger partial charge in [0.1, 0.15) is 17.3 Å². The zero-order valence-electron chi connectivity index (χ0n) is 16.3. The van der Waals surface area contributed by atoms with Crippen molar-refractivity contribution in [2.45, 2.75) is 39.4 Å². The van der Waals surface area contributed by atoms with Gasteiger partial charge in [-0.25, -0.2) is 14.1 Å². The molecular weight excluding hydrogens is 393 g/mol. The van der Waals surface area contributed by atoms with Gasteiger partial charge in [-0.2, -0.15) is 0 Å². The highest BCUT2D eigenvalue weighted by Crippen LogP contribution is 2.20. The number of amides is 1. The lowest BCUT2D eigenvalue weighted by Gasteiger charge is -2.08. The van der Waals surface area contributed by atoms with Gasteiger partial charge < -0.3 is 10.6 Å². The Balaban J connectivity index is 0.00000240. The van der Waals surface area contributed by atoms with Crippen LogP contribution < -0.4 is 10.6 Å². The van der Waals surface area contributed by atoms with Crippen LogP contribution in [0, 0.1) is 5.82 Å². The number of nitrogens with one attached hydrogen (secondary N) is 2. The van der Waals surface area contributed by atoms with Crippen molar-refractivity contribution in [2.24, 2.45) is 0 Å². The molecule has 2 heterocycles. The Labute approximate surface area is 175 Å². The lowest BCUT2D eigenvalue weighted by Crippen LogP contribution is -2.24. The zero-order valence-corrected chi connectivity index (χ0v) is 17.1. The average Bonchev–Trinajstić information content (AvgIpc) is 3.33. The molecule has 0 radical (unpaired) electrons. The molecule has 0 aliphatic carbocycles. The molecule has 152 valence electrons. The maximum Gasteiger partial charge on any atom is 0.291 e. The molecule has 6 nitrogen and oxygen atoms in total. The number of benzene rings is 2. The number of para-hydroxylation sites is 1. The van der Waals surface area contributed by atoms with Crippen molar-refractivity contribution in [3.63, 3.8) is 0 Å². The second-order valence-electron chi connectivity index (χ2n) is 7.20. The van der Waals surface area contributed by atoms with Crippen molar-refractivity contribution in [3.8, 4) is 5.69 Å². The molecule has 0 saturated carbocycles. The molecule has 3 aromatic rings. The highest BCUT2D eigenvalue weighted by Gasteiger charge is 2.21. The number of aromatic nitrogens is 3. The molecular formula is C21H23ClFN5O. The molecule has 0 saturated heterocycles. The first-order valence-corrected chi connectivity index (χ1v) is 9.34. The normalized spacial score (nSPS) is 12.6. The molecule has 2 aromatic carbocycles. The van der Waals surface area contributed by atoms with Crippen molar-refractivity contribution >= 4 is 18.3 Å². The Morgan fingerprint density at radius 3 is 2.72 bits per heavy atom. The van der Waals surface area contributed by atoms with Crippen LogP contribution in [0.2, 0.25) is 0 Å². The number of carbonyl (C=O) groups is 1. The third-order valence-electron chi connectivity index (χ3n) is 4.79. The Hall–Kier alpha value is -2.77. The third-order valence-corrected chi connectivity index (χ3v) is 4.79. The van der Waals surface area contributed by atoms with Crippen LogP contribution in [0.4, 0.5) is 4.39 Å². The maximum atomic E-state index is 14.2. The number of halogens is 2. The molecule has 4 rings (SSSR count). The van der Waals surface area contributed by atoms with Gasteiger partial charge in [-0.15, -0.1) is 17.5 Å². The first-order valence-electron chi connectivity index (χ1n) is 9.34. The topological polar surface area (TPSA) is 71.8 Å². The number of rotatable bonds is 5. The number of carbonyl (C=O) groups excluding carboxylic acids is 1. The molecule has 2 N–H and O–H groups in total. The first kappa shape index (κ1) is 21.0. The van der Waals surface area contributed by atoms with E-state index in [1.165, 1.54) is 21.9 Å². The Morgan fingerprint density at radius 2 is 1.97 bits per heavy atom. The van der Waals surface area contributed by atoms with Crippen molar-refractivity contribution in [2.75, 3.05) is 0 Å². The smallest absolute Gasteiger partial charge is 0.291 e. The molecule has 0 atom stereocenters. The number of nitrogens with zero attached hydrogens (tertiary/aromatic N) is 3. The number of hydrogen-bond donors (Lipinski definition) is 2. The van der Waals surface area contributed by atoms with E-state index in [9.17, 15) is 9.18 Å². The maximum absolute atomic E-state index is 14.2. The summed E-state index contributed by atoms with van der Waals surface area (Å²) >= 11 is 0. The van der Waals surface area contributed by atoms with Gasteiger partial charge in [0.25, 0.3) is 5.91 Å². The third kappa shape index (κ3) is 4.31. The Kier molecular flexibility index (Phi) is 6.30. The van der Waals surface area contributed by atoms with Gasteiger partial charge in [0.15, 0.2) is 0 Å². The summed E-state index contributed by atoms with van der Waals surface area (Å²) in [5.41, 5.74) is 3.86. The summed E-state index contributed by atoms with van der Waals surface area (Å²) < 4.78 is 15.6. The van der Waals surface area contributed by atoms with E-state index in [-0.39, 0.29) is 35.7 Å². The molecule has 29 heavy (non-hydrogen) atoms. The van der Waals surface area contributed by atoms with E-state index in [0.717, 1.165) is 18.7 Å². The number of hydrogen-bond acceptors (Lipinski definition) is 4. The van der Waals surface area contributed by atoms with Crippen LogP contribution in [0.15, 0.2) is 42.5 Å². The van der Waals surface area contributed by atoms with E-state index >= 15 is 0 Å². The van der Waals surface area contributed by atoms with Gasteiger partial charge in [0, 0.05) is 25.6 Å². The highest BCUT2D eigenvalue weighted by atomic mass is 35.5. The Morgan fingerprint density at radius 1 is 1.21 bits per heavy atom. The van der Waals surface area contributed by atoms with Crippen LogP contribution in [0.1, 0.15) is 52.9 Å². The summed E-state index contributed by atoms with van der Waals surface area (Å²) in [5, 5.41) is 10.4. The minimum Gasteiger partial charge on any atom is -0.345 e. The predicted molar refractivity (Wildman–Crippen MR) is 111 cm³/mol. The van der Waals surface area contributed by atoms with E-state index in [4.69, 9.17) is 0 Å². The van der Waals surface area contributed by atoms with Crippen molar-refractivity contribution in [3.05, 3.63) is 76.6 Å². The van der Waals surface area contributed by atoms with Crippen LogP contribution >= 0.6 is 12.4 Å². The molecule has 0 fully saturated rings. The Bertz CT molecular complexity index is 1030. The lowest BCUT2D eigenvalue weighted by atomic mass is 10.1. The zero-order chi connectivity index (χ0) is 19.7. The minimum absolute atomic E-state index is 0. The van der Waals surface area contributed by atoms with E-state index in [1.807, 2.05) is 19.9 Å². The fraction of sp³-hybridized carbons (Fsp3) is 0.286. The van der Waals surface area contributed by atoms with Gasteiger partial charge in [0.2, 0.25) is 5.82 Å².